The van der Waals surface area contributed by atoms with E-state index in [2.05, 4.69) is 22.4 Å². The second-order valence-corrected chi connectivity index (χ2v) is 8.45. The topological polar surface area (TPSA) is 63.9 Å². The van der Waals surface area contributed by atoms with Gasteiger partial charge in [0.05, 0.1) is 23.0 Å². The van der Waals surface area contributed by atoms with Crippen molar-refractivity contribution in [2.24, 2.45) is 0 Å². The Hall–Kier alpha value is -3.84. The van der Waals surface area contributed by atoms with Gasteiger partial charge in [-0.1, -0.05) is 89.3 Å². The fraction of sp³-hybridized carbons (Fsp3) is 0.120. The monoisotopic (exact) mass is 439 g/mol. The van der Waals surface area contributed by atoms with Gasteiger partial charge < -0.3 is 0 Å². The maximum absolute atomic E-state index is 13.5. The maximum atomic E-state index is 13.5. The molecule has 0 saturated carbocycles. The summed E-state index contributed by atoms with van der Waals surface area (Å²) < 4.78 is 2.74. The highest BCUT2D eigenvalue weighted by Gasteiger charge is 2.24. The van der Waals surface area contributed by atoms with E-state index in [1.807, 2.05) is 72.8 Å². The van der Waals surface area contributed by atoms with E-state index >= 15 is 0 Å². The van der Waals surface area contributed by atoms with Gasteiger partial charge in [0.25, 0.3) is 5.91 Å². The molecule has 6 nitrogen and oxygen atoms in total. The number of para-hydroxylation sites is 1. The summed E-state index contributed by atoms with van der Waals surface area (Å²) >= 11 is 1.51. The minimum absolute atomic E-state index is 0.195. The Kier molecular flexibility index (Phi) is 5.72. The molecular weight excluding hydrogens is 418 g/mol. The van der Waals surface area contributed by atoms with E-state index < -0.39 is 0 Å². The second kappa shape index (κ2) is 9.11. The Bertz CT molecular complexity index is 1300. The SMILES string of the molecule is O=C(c1cn(Cc2ccccc2)nn1)N(CCc1ccccc1)c1nc2ccccc2s1. The number of carbonyl (C=O) groups is 1. The van der Waals surface area contributed by atoms with E-state index in [1.54, 1.807) is 15.8 Å². The first-order chi connectivity index (χ1) is 15.8. The zero-order valence-corrected chi connectivity index (χ0v) is 18.2. The van der Waals surface area contributed by atoms with Crippen molar-refractivity contribution < 1.29 is 4.79 Å². The van der Waals surface area contributed by atoms with E-state index in [9.17, 15) is 4.79 Å². The molecule has 5 rings (SSSR count). The predicted octanol–water partition coefficient (Wildman–Crippen LogP) is 4.83. The number of rotatable bonds is 7. The third kappa shape index (κ3) is 4.43. The van der Waals surface area contributed by atoms with Gasteiger partial charge in [-0.3, -0.25) is 9.69 Å². The fourth-order valence-corrected chi connectivity index (χ4v) is 4.52. The maximum Gasteiger partial charge on any atom is 0.282 e. The summed E-state index contributed by atoms with van der Waals surface area (Å²) in [5.41, 5.74) is 3.47. The van der Waals surface area contributed by atoms with Gasteiger partial charge in [-0.2, -0.15) is 0 Å². The average Bonchev–Trinajstić information content (AvgIpc) is 3.47. The van der Waals surface area contributed by atoms with Crippen molar-refractivity contribution in [3.05, 3.63) is 108 Å². The van der Waals surface area contributed by atoms with Crippen molar-refractivity contribution in [1.29, 1.82) is 0 Å². The summed E-state index contributed by atoms with van der Waals surface area (Å²) in [6, 6.07) is 28.1. The molecule has 0 radical (unpaired) electrons. The molecule has 158 valence electrons. The Morgan fingerprint density at radius 3 is 2.31 bits per heavy atom. The number of fused-ring (bicyclic) bond motifs is 1. The zero-order valence-electron chi connectivity index (χ0n) is 17.3. The van der Waals surface area contributed by atoms with Gasteiger partial charge in [0.1, 0.15) is 0 Å². The van der Waals surface area contributed by atoms with Crippen molar-refractivity contribution in [3.63, 3.8) is 0 Å². The minimum Gasteiger partial charge on any atom is -0.282 e. The quantitative estimate of drug-likeness (QED) is 0.365. The summed E-state index contributed by atoms with van der Waals surface area (Å²) in [7, 11) is 0. The number of anilines is 1. The lowest BCUT2D eigenvalue weighted by Gasteiger charge is -2.18. The first-order valence-corrected chi connectivity index (χ1v) is 11.2. The summed E-state index contributed by atoms with van der Waals surface area (Å²) in [4.78, 5) is 19.9. The molecule has 2 heterocycles. The van der Waals surface area contributed by atoms with Crippen LogP contribution in [0.2, 0.25) is 0 Å². The van der Waals surface area contributed by atoms with Crippen molar-refractivity contribution in [2.45, 2.75) is 13.0 Å². The molecule has 1 amide bonds. The summed E-state index contributed by atoms with van der Waals surface area (Å²) in [5.74, 6) is -0.195. The number of hydrogen-bond acceptors (Lipinski definition) is 5. The van der Waals surface area contributed by atoms with Crippen molar-refractivity contribution in [2.75, 3.05) is 11.4 Å². The molecule has 0 aliphatic rings. The molecule has 0 aliphatic heterocycles. The lowest BCUT2D eigenvalue weighted by atomic mass is 10.1. The first kappa shape index (κ1) is 20.1. The standard InChI is InChI=1S/C25H21N5OS/c31-24(22-18-29(28-27-22)17-20-11-5-2-6-12-20)30(16-15-19-9-3-1-4-10-19)25-26-21-13-7-8-14-23(21)32-25/h1-14,18H,15-17H2. The minimum atomic E-state index is -0.195. The summed E-state index contributed by atoms with van der Waals surface area (Å²) in [5, 5.41) is 9.01. The van der Waals surface area contributed by atoms with E-state index in [4.69, 9.17) is 4.98 Å². The zero-order chi connectivity index (χ0) is 21.8. The predicted molar refractivity (Wildman–Crippen MR) is 127 cm³/mol. The normalized spacial score (nSPS) is 11.0. The van der Waals surface area contributed by atoms with Crippen LogP contribution in [0.25, 0.3) is 10.2 Å². The van der Waals surface area contributed by atoms with E-state index in [1.165, 1.54) is 16.9 Å². The molecule has 0 aliphatic carbocycles. The van der Waals surface area contributed by atoms with Crippen LogP contribution in [0.4, 0.5) is 5.13 Å². The number of hydrogen-bond donors (Lipinski definition) is 0. The van der Waals surface area contributed by atoms with Crippen molar-refractivity contribution in [1.82, 2.24) is 20.0 Å². The van der Waals surface area contributed by atoms with Crippen LogP contribution in [-0.4, -0.2) is 32.4 Å². The van der Waals surface area contributed by atoms with Crippen LogP contribution in [0, 0.1) is 0 Å². The van der Waals surface area contributed by atoms with Gasteiger partial charge in [-0.05, 0) is 29.7 Å². The number of amides is 1. The molecule has 0 fully saturated rings. The number of carbonyl (C=O) groups excluding carboxylic acids is 1. The summed E-state index contributed by atoms with van der Waals surface area (Å²) in [6.45, 7) is 1.07. The Labute approximate surface area is 189 Å². The molecule has 0 saturated heterocycles. The molecule has 3 aromatic carbocycles. The Balaban J connectivity index is 1.42. The van der Waals surface area contributed by atoms with Gasteiger partial charge >= 0.3 is 0 Å². The van der Waals surface area contributed by atoms with Crippen LogP contribution in [0.1, 0.15) is 21.6 Å². The summed E-state index contributed by atoms with van der Waals surface area (Å²) in [6.07, 6.45) is 2.43. The van der Waals surface area contributed by atoms with Gasteiger partial charge in [0, 0.05) is 6.54 Å². The van der Waals surface area contributed by atoms with Crippen molar-refractivity contribution >= 4 is 32.6 Å². The molecular formula is C25H21N5OS. The third-order valence-electron chi connectivity index (χ3n) is 5.17. The average molecular weight is 440 g/mol. The Morgan fingerprint density at radius 2 is 1.56 bits per heavy atom. The van der Waals surface area contributed by atoms with Crippen LogP contribution >= 0.6 is 11.3 Å². The highest BCUT2D eigenvalue weighted by atomic mass is 32.1. The molecule has 0 spiro atoms. The van der Waals surface area contributed by atoms with Crippen LogP contribution < -0.4 is 4.90 Å². The molecule has 0 N–H and O–H groups in total. The van der Waals surface area contributed by atoms with Gasteiger partial charge in [-0.25, -0.2) is 9.67 Å². The smallest absolute Gasteiger partial charge is 0.282 e. The number of nitrogens with zero attached hydrogens (tertiary/aromatic N) is 5. The molecule has 32 heavy (non-hydrogen) atoms. The van der Waals surface area contributed by atoms with Crippen LogP contribution in [0.15, 0.2) is 91.1 Å². The second-order valence-electron chi connectivity index (χ2n) is 7.44. The number of thiazole rings is 1. The van der Waals surface area contributed by atoms with Crippen LogP contribution in [0.3, 0.4) is 0 Å². The first-order valence-electron chi connectivity index (χ1n) is 10.4. The number of aromatic nitrogens is 4. The molecule has 5 aromatic rings. The van der Waals surface area contributed by atoms with E-state index in [0.29, 0.717) is 23.9 Å². The van der Waals surface area contributed by atoms with Crippen LogP contribution in [-0.2, 0) is 13.0 Å². The highest BCUT2D eigenvalue weighted by Crippen LogP contribution is 2.29. The fourth-order valence-electron chi connectivity index (χ4n) is 3.53. The largest absolute Gasteiger partial charge is 0.282 e. The van der Waals surface area contributed by atoms with E-state index in [0.717, 1.165) is 22.2 Å². The van der Waals surface area contributed by atoms with E-state index in [-0.39, 0.29) is 5.91 Å². The molecule has 7 heteroatoms. The van der Waals surface area contributed by atoms with Gasteiger partial charge in [0.2, 0.25) is 0 Å². The molecule has 0 atom stereocenters. The lowest BCUT2D eigenvalue weighted by Crippen LogP contribution is -2.33. The molecule has 2 aromatic heterocycles. The van der Waals surface area contributed by atoms with Gasteiger partial charge in [0.15, 0.2) is 10.8 Å². The third-order valence-corrected chi connectivity index (χ3v) is 6.23. The number of benzene rings is 3. The molecule has 0 unspecified atom stereocenters. The Morgan fingerprint density at radius 1 is 0.875 bits per heavy atom. The highest BCUT2D eigenvalue weighted by molar-refractivity contribution is 7.22. The molecule has 0 bridgehead atoms. The van der Waals surface area contributed by atoms with Gasteiger partial charge in [-0.15, -0.1) is 5.10 Å². The van der Waals surface area contributed by atoms with Crippen LogP contribution in [0.5, 0.6) is 0 Å². The lowest BCUT2D eigenvalue weighted by molar-refractivity contribution is 0.0982. The van der Waals surface area contributed by atoms with Crippen molar-refractivity contribution in [3.8, 4) is 0 Å².